The van der Waals surface area contributed by atoms with Crippen LogP contribution in [0.5, 0.6) is 5.75 Å². The van der Waals surface area contributed by atoms with E-state index in [4.69, 9.17) is 0 Å². The minimum absolute atomic E-state index is 0.0532. The number of likely N-dealkylation sites (N-methyl/N-ethyl adjacent to an activating group) is 1. The molecule has 114 valence electrons. The number of benzene rings is 1. The van der Waals surface area contributed by atoms with Crippen LogP contribution in [0.4, 0.5) is 0 Å². The fraction of sp³-hybridized carbons (Fsp3) is 0.500. The van der Waals surface area contributed by atoms with E-state index in [1.54, 1.807) is 12.1 Å². The van der Waals surface area contributed by atoms with Gasteiger partial charge in [-0.25, -0.2) is 0 Å². The number of aromatic hydroxyl groups is 1. The molecule has 1 aliphatic heterocycles. The predicted octanol–water partition coefficient (Wildman–Crippen LogP) is 1.52. The molecule has 5 nitrogen and oxygen atoms in total. The number of ketones is 1. The molecular weight excluding hydrogens is 268 g/mol. The van der Waals surface area contributed by atoms with Crippen LogP contribution in [0.2, 0.25) is 0 Å². The molecule has 1 N–H and O–H groups in total. The summed E-state index contributed by atoms with van der Waals surface area (Å²) in [6.45, 7) is 3.41. The second-order valence-electron chi connectivity index (χ2n) is 5.51. The Morgan fingerprint density at radius 1 is 1.05 bits per heavy atom. The van der Waals surface area contributed by atoms with Crippen molar-refractivity contribution < 1.29 is 14.7 Å². The van der Waals surface area contributed by atoms with Crippen LogP contribution >= 0.6 is 0 Å². The van der Waals surface area contributed by atoms with Crippen LogP contribution in [0, 0.1) is 0 Å². The van der Waals surface area contributed by atoms with Crippen LogP contribution in [0.25, 0.3) is 0 Å². The molecule has 1 amide bonds. The molecular formula is C16H22N2O3. The number of nitrogens with zero attached hydrogens (tertiary/aromatic N) is 2. The first-order chi connectivity index (χ1) is 10.1. The lowest BCUT2D eigenvalue weighted by molar-refractivity contribution is -0.131. The molecule has 1 fully saturated rings. The number of carbonyl (C=O) groups is 2. The zero-order valence-corrected chi connectivity index (χ0v) is 12.4. The van der Waals surface area contributed by atoms with E-state index >= 15 is 0 Å². The highest BCUT2D eigenvalue weighted by molar-refractivity contribution is 5.98. The van der Waals surface area contributed by atoms with E-state index in [9.17, 15) is 14.7 Å². The molecule has 0 saturated carbocycles. The van der Waals surface area contributed by atoms with Gasteiger partial charge in [0.15, 0.2) is 5.78 Å². The van der Waals surface area contributed by atoms with E-state index < -0.39 is 0 Å². The second-order valence-corrected chi connectivity index (χ2v) is 5.51. The monoisotopic (exact) mass is 290 g/mol. The van der Waals surface area contributed by atoms with E-state index in [-0.39, 0.29) is 30.3 Å². The molecule has 0 radical (unpaired) electrons. The minimum Gasteiger partial charge on any atom is -0.508 e. The van der Waals surface area contributed by atoms with Crippen molar-refractivity contribution in [2.45, 2.75) is 19.3 Å². The molecule has 0 unspecified atom stereocenters. The van der Waals surface area contributed by atoms with Crippen molar-refractivity contribution in [3.8, 4) is 5.75 Å². The summed E-state index contributed by atoms with van der Waals surface area (Å²) >= 11 is 0. The predicted molar refractivity (Wildman–Crippen MR) is 80.4 cm³/mol. The fourth-order valence-corrected chi connectivity index (χ4v) is 2.47. The average molecular weight is 290 g/mol. The normalized spacial score (nSPS) is 16.5. The Bertz CT molecular complexity index is 499. The van der Waals surface area contributed by atoms with Gasteiger partial charge in [-0.3, -0.25) is 9.59 Å². The van der Waals surface area contributed by atoms with Crippen LogP contribution in [-0.2, 0) is 4.79 Å². The summed E-state index contributed by atoms with van der Waals surface area (Å²) in [5, 5.41) is 9.20. The highest BCUT2D eigenvalue weighted by atomic mass is 16.3. The summed E-state index contributed by atoms with van der Waals surface area (Å²) in [4.78, 5) is 28.2. The van der Waals surface area contributed by atoms with Crippen LogP contribution in [0.1, 0.15) is 29.6 Å². The molecule has 0 bridgehead atoms. The molecule has 0 aromatic heterocycles. The largest absolute Gasteiger partial charge is 0.508 e. The summed E-state index contributed by atoms with van der Waals surface area (Å²) in [7, 11) is 2.06. The summed E-state index contributed by atoms with van der Waals surface area (Å²) < 4.78 is 0. The minimum atomic E-state index is -0.0599. The maximum atomic E-state index is 12.2. The first-order valence-corrected chi connectivity index (χ1v) is 7.35. The number of hydrogen-bond donors (Lipinski definition) is 1. The van der Waals surface area contributed by atoms with Gasteiger partial charge in [-0.15, -0.1) is 0 Å². The Balaban J connectivity index is 1.83. The summed E-state index contributed by atoms with van der Waals surface area (Å²) in [6.07, 6.45) is 1.45. The molecule has 1 aliphatic rings. The number of phenols is 1. The van der Waals surface area contributed by atoms with Crippen molar-refractivity contribution in [1.29, 1.82) is 0 Å². The second kappa shape index (κ2) is 7.22. The molecule has 0 spiro atoms. The molecule has 5 heteroatoms. The van der Waals surface area contributed by atoms with Gasteiger partial charge in [-0.05, 0) is 44.3 Å². The zero-order valence-electron chi connectivity index (χ0n) is 12.4. The summed E-state index contributed by atoms with van der Waals surface area (Å²) in [5.41, 5.74) is 0.538. The van der Waals surface area contributed by atoms with E-state index in [1.165, 1.54) is 12.1 Å². The summed E-state index contributed by atoms with van der Waals surface area (Å²) in [6, 6.07) is 6.14. The number of rotatable bonds is 4. The summed E-state index contributed by atoms with van der Waals surface area (Å²) in [5.74, 6) is 0.129. The SMILES string of the molecule is CN1CCCN(C(=O)CCC(=O)c2ccc(O)cc2)CC1. The first-order valence-electron chi connectivity index (χ1n) is 7.35. The van der Waals surface area contributed by atoms with Gasteiger partial charge in [0.25, 0.3) is 0 Å². The van der Waals surface area contributed by atoms with Gasteiger partial charge < -0.3 is 14.9 Å². The van der Waals surface area contributed by atoms with Gasteiger partial charge in [-0.2, -0.15) is 0 Å². The Kier molecular flexibility index (Phi) is 5.33. The highest BCUT2D eigenvalue weighted by Crippen LogP contribution is 2.13. The number of Topliss-reactive ketones (excluding diaryl/α,β-unsaturated/α-hetero) is 1. The van der Waals surface area contributed by atoms with Crippen molar-refractivity contribution in [2.75, 3.05) is 33.2 Å². The maximum Gasteiger partial charge on any atom is 0.223 e. The van der Waals surface area contributed by atoms with Gasteiger partial charge in [0.2, 0.25) is 5.91 Å². The lowest BCUT2D eigenvalue weighted by Crippen LogP contribution is -2.34. The van der Waals surface area contributed by atoms with Crippen LogP contribution in [0.15, 0.2) is 24.3 Å². The maximum absolute atomic E-state index is 12.2. The Labute approximate surface area is 125 Å². The van der Waals surface area contributed by atoms with Crippen molar-refractivity contribution in [3.63, 3.8) is 0 Å². The van der Waals surface area contributed by atoms with E-state index in [0.717, 1.165) is 32.6 Å². The molecule has 1 aromatic carbocycles. The molecule has 21 heavy (non-hydrogen) atoms. The van der Waals surface area contributed by atoms with Gasteiger partial charge in [0.1, 0.15) is 5.75 Å². The zero-order chi connectivity index (χ0) is 15.2. The van der Waals surface area contributed by atoms with E-state index in [1.807, 2.05) is 4.90 Å². The standard InChI is InChI=1S/C16H22N2O3/c1-17-9-2-10-18(12-11-17)16(21)8-7-15(20)13-3-5-14(19)6-4-13/h3-6,19H,2,7-12H2,1H3. The fourth-order valence-electron chi connectivity index (χ4n) is 2.47. The third-order valence-electron chi connectivity index (χ3n) is 3.83. The number of carbonyl (C=O) groups excluding carboxylic acids is 2. The van der Waals surface area contributed by atoms with Gasteiger partial charge >= 0.3 is 0 Å². The third kappa shape index (κ3) is 4.56. The smallest absolute Gasteiger partial charge is 0.223 e. The van der Waals surface area contributed by atoms with Crippen molar-refractivity contribution in [3.05, 3.63) is 29.8 Å². The van der Waals surface area contributed by atoms with Crippen LogP contribution in [0.3, 0.4) is 0 Å². The van der Waals surface area contributed by atoms with E-state index in [2.05, 4.69) is 11.9 Å². The van der Waals surface area contributed by atoms with Crippen LogP contribution in [-0.4, -0.2) is 59.8 Å². The van der Waals surface area contributed by atoms with Crippen molar-refractivity contribution in [2.24, 2.45) is 0 Å². The van der Waals surface area contributed by atoms with Crippen molar-refractivity contribution in [1.82, 2.24) is 9.80 Å². The van der Waals surface area contributed by atoms with Crippen LogP contribution < -0.4 is 0 Å². The lowest BCUT2D eigenvalue weighted by Gasteiger charge is -2.20. The highest BCUT2D eigenvalue weighted by Gasteiger charge is 2.18. The molecule has 1 aromatic rings. The molecule has 0 atom stereocenters. The molecule has 2 rings (SSSR count). The number of amides is 1. The molecule has 0 aliphatic carbocycles. The Morgan fingerprint density at radius 3 is 2.48 bits per heavy atom. The van der Waals surface area contributed by atoms with Gasteiger partial charge in [0.05, 0.1) is 0 Å². The Morgan fingerprint density at radius 2 is 1.76 bits per heavy atom. The molecule has 1 heterocycles. The number of phenolic OH excluding ortho intramolecular Hbond substituents is 1. The third-order valence-corrected chi connectivity index (χ3v) is 3.83. The lowest BCUT2D eigenvalue weighted by atomic mass is 10.1. The average Bonchev–Trinajstić information content (AvgIpc) is 2.70. The van der Waals surface area contributed by atoms with Gasteiger partial charge in [-0.1, -0.05) is 0 Å². The number of hydrogen-bond acceptors (Lipinski definition) is 4. The Hall–Kier alpha value is -1.88. The van der Waals surface area contributed by atoms with Gasteiger partial charge in [0, 0.05) is 38.0 Å². The quantitative estimate of drug-likeness (QED) is 0.854. The van der Waals surface area contributed by atoms with Crippen molar-refractivity contribution >= 4 is 11.7 Å². The molecule has 1 saturated heterocycles. The first kappa shape index (κ1) is 15.5. The topological polar surface area (TPSA) is 60.9 Å². The van der Waals surface area contributed by atoms with E-state index in [0.29, 0.717) is 5.56 Å².